The number of nitrogens with one attached hydrogen (secondary N) is 1. The molecule has 0 bridgehead atoms. The van der Waals surface area contributed by atoms with Gasteiger partial charge in [-0.1, -0.05) is 0 Å². The zero-order chi connectivity index (χ0) is 13.0. The van der Waals surface area contributed by atoms with E-state index in [2.05, 4.69) is 34.1 Å². The van der Waals surface area contributed by atoms with Crippen molar-refractivity contribution in [3.05, 3.63) is 15.6 Å². The number of thiazole rings is 1. The SMILES string of the molecule is CNCc1sc(CCN2CCN(C)CC2)nc1C. The van der Waals surface area contributed by atoms with Crippen molar-refractivity contribution in [2.75, 3.05) is 46.8 Å². The molecule has 102 valence electrons. The van der Waals surface area contributed by atoms with Gasteiger partial charge < -0.3 is 15.1 Å². The van der Waals surface area contributed by atoms with Gasteiger partial charge in [-0.15, -0.1) is 11.3 Å². The highest BCUT2D eigenvalue weighted by Gasteiger charge is 2.14. The molecule has 0 radical (unpaired) electrons. The number of rotatable bonds is 5. The van der Waals surface area contributed by atoms with Crippen molar-refractivity contribution in [2.45, 2.75) is 19.9 Å². The monoisotopic (exact) mass is 268 g/mol. The number of likely N-dealkylation sites (N-methyl/N-ethyl adjacent to an activating group) is 1. The minimum atomic E-state index is 0.942. The fourth-order valence-electron chi connectivity index (χ4n) is 2.25. The molecule has 4 nitrogen and oxygen atoms in total. The first-order chi connectivity index (χ1) is 8.69. The lowest BCUT2D eigenvalue weighted by molar-refractivity contribution is 0.155. The van der Waals surface area contributed by atoms with E-state index < -0.39 is 0 Å². The third-order valence-electron chi connectivity index (χ3n) is 3.51. The summed E-state index contributed by atoms with van der Waals surface area (Å²) in [7, 11) is 4.19. The van der Waals surface area contributed by atoms with Crippen LogP contribution in [0.2, 0.25) is 0 Å². The third kappa shape index (κ3) is 3.75. The van der Waals surface area contributed by atoms with Crippen LogP contribution in [0.3, 0.4) is 0 Å². The van der Waals surface area contributed by atoms with Crippen LogP contribution in [0.4, 0.5) is 0 Å². The van der Waals surface area contributed by atoms with Crippen molar-refractivity contribution < 1.29 is 0 Å². The maximum atomic E-state index is 4.67. The van der Waals surface area contributed by atoms with Crippen molar-refractivity contribution in [1.82, 2.24) is 20.1 Å². The highest BCUT2D eigenvalue weighted by Crippen LogP contribution is 2.18. The Morgan fingerprint density at radius 3 is 2.67 bits per heavy atom. The zero-order valence-corrected chi connectivity index (χ0v) is 12.5. The van der Waals surface area contributed by atoms with Crippen molar-refractivity contribution in [1.29, 1.82) is 0 Å². The summed E-state index contributed by atoms with van der Waals surface area (Å²) in [4.78, 5) is 11.0. The Balaban J connectivity index is 1.81. The van der Waals surface area contributed by atoms with Gasteiger partial charge in [-0.2, -0.15) is 0 Å². The predicted molar refractivity (Wildman–Crippen MR) is 77.3 cm³/mol. The van der Waals surface area contributed by atoms with E-state index in [0.29, 0.717) is 0 Å². The van der Waals surface area contributed by atoms with Crippen LogP contribution >= 0.6 is 11.3 Å². The third-order valence-corrected chi connectivity index (χ3v) is 4.73. The van der Waals surface area contributed by atoms with Crippen LogP contribution in [0.15, 0.2) is 0 Å². The molecule has 0 spiro atoms. The topological polar surface area (TPSA) is 31.4 Å². The first-order valence-corrected chi connectivity index (χ1v) is 7.51. The molecule has 2 heterocycles. The van der Waals surface area contributed by atoms with Crippen LogP contribution < -0.4 is 5.32 Å². The average Bonchev–Trinajstić information content (AvgIpc) is 2.70. The molecule has 0 atom stereocenters. The second-order valence-electron chi connectivity index (χ2n) is 5.04. The molecule has 2 rings (SSSR count). The van der Waals surface area contributed by atoms with Crippen molar-refractivity contribution in [3.8, 4) is 0 Å². The fraction of sp³-hybridized carbons (Fsp3) is 0.769. The summed E-state index contributed by atoms with van der Waals surface area (Å²) in [6.07, 6.45) is 1.10. The smallest absolute Gasteiger partial charge is 0.0944 e. The maximum absolute atomic E-state index is 4.67. The summed E-state index contributed by atoms with van der Waals surface area (Å²) in [6.45, 7) is 9.00. The van der Waals surface area contributed by atoms with Crippen LogP contribution in [0.1, 0.15) is 15.6 Å². The molecule has 1 aromatic heterocycles. The Labute approximate surface area is 114 Å². The van der Waals surface area contributed by atoms with E-state index in [1.165, 1.54) is 41.8 Å². The van der Waals surface area contributed by atoms with Crippen LogP contribution in [-0.2, 0) is 13.0 Å². The summed E-state index contributed by atoms with van der Waals surface area (Å²) in [5.41, 5.74) is 1.20. The lowest BCUT2D eigenvalue weighted by Crippen LogP contribution is -2.45. The van der Waals surface area contributed by atoms with E-state index in [-0.39, 0.29) is 0 Å². The highest BCUT2D eigenvalue weighted by atomic mass is 32.1. The zero-order valence-electron chi connectivity index (χ0n) is 11.7. The van der Waals surface area contributed by atoms with Gasteiger partial charge in [0.15, 0.2) is 0 Å². The highest BCUT2D eigenvalue weighted by molar-refractivity contribution is 7.11. The van der Waals surface area contributed by atoms with Gasteiger partial charge in [0.05, 0.1) is 10.7 Å². The Bertz CT molecular complexity index is 369. The predicted octanol–water partition coefficient (Wildman–Crippen LogP) is 0.961. The van der Waals surface area contributed by atoms with Gasteiger partial charge in [-0.3, -0.25) is 0 Å². The van der Waals surface area contributed by atoms with Gasteiger partial charge in [0.2, 0.25) is 0 Å². The van der Waals surface area contributed by atoms with E-state index in [1.54, 1.807) is 0 Å². The van der Waals surface area contributed by atoms with Crippen LogP contribution in [0, 0.1) is 6.92 Å². The molecule has 1 saturated heterocycles. The van der Waals surface area contributed by atoms with Gasteiger partial charge in [-0.05, 0) is 21.0 Å². The van der Waals surface area contributed by atoms with Crippen LogP contribution in [0.25, 0.3) is 0 Å². The van der Waals surface area contributed by atoms with Gasteiger partial charge in [0, 0.05) is 50.6 Å². The summed E-state index contributed by atoms with van der Waals surface area (Å²) in [5, 5.41) is 4.49. The Kier molecular flexibility index (Phi) is 5.12. The molecule has 0 aliphatic carbocycles. The summed E-state index contributed by atoms with van der Waals surface area (Å²) >= 11 is 1.86. The lowest BCUT2D eigenvalue weighted by atomic mass is 10.3. The molecule has 1 N–H and O–H groups in total. The van der Waals surface area contributed by atoms with Crippen molar-refractivity contribution >= 4 is 11.3 Å². The number of hydrogen-bond acceptors (Lipinski definition) is 5. The minimum absolute atomic E-state index is 0.942. The van der Waals surface area contributed by atoms with E-state index in [1.807, 2.05) is 18.4 Å². The van der Waals surface area contributed by atoms with Gasteiger partial charge in [-0.25, -0.2) is 4.98 Å². The van der Waals surface area contributed by atoms with E-state index in [0.717, 1.165) is 19.5 Å². The van der Waals surface area contributed by atoms with Crippen molar-refractivity contribution in [2.24, 2.45) is 0 Å². The Hall–Kier alpha value is -0.490. The Morgan fingerprint density at radius 1 is 1.28 bits per heavy atom. The number of hydrogen-bond donors (Lipinski definition) is 1. The first kappa shape index (κ1) is 13.9. The minimum Gasteiger partial charge on any atom is -0.315 e. The molecule has 0 saturated carbocycles. The summed E-state index contributed by atoms with van der Waals surface area (Å²) in [5.74, 6) is 0. The Morgan fingerprint density at radius 2 is 2.00 bits per heavy atom. The molecular weight excluding hydrogens is 244 g/mol. The molecule has 0 unspecified atom stereocenters. The molecule has 1 aliphatic rings. The maximum Gasteiger partial charge on any atom is 0.0944 e. The molecule has 1 fully saturated rings. The molecule has 18 heavy (non-hydrogen) atoms. The second-order valence-corrected chi connectivity index (χ2v) is 6.21. The molecule has 1 aliphatic heterocycles. The fourth-order valence-corrected chi connectivity index (χ4v) is 3.32. The van der Waals surface area contributed by atoms with E-state index >= 15 is 0 Å². The van der Waals surface area contributed by atoms with E-state index in [9.17, 15) is 0 Å². The van der Waals surface area contributed by atoms with Crippen LogP contribution in [-0.4, -0.2) is 61.6 Å². The normalized spacial score (nSPS) is 18.4. The van der Waals surface area contributed by atoms with Crippen molar-refractivity contribution in [3.63, 3.8) is 0 Å². The standard InChI is InChI=1S/C13H24N4S/c1-11-12(10-14-2)18-13(15-11)4-5-17-8-6-16(3)7-9-17/h14H,4-10H2,1-3H3. The number of aromatic nitrogens is 1. The largest absolute Gasteiger partial charge is 0.315 e. The number of aryl methyl sites for hydroxylation is 1. The molecule has 1 aromatic rings. The number of piperazine rings is 1. The molecule has 0 aromatic carbocycles. The van der Waals surface area contributed by atoms with Gasteiger partial charge in [0.25, 0.3) is 0 Å². The molecule has 0 amide bonds. The lowest BCUT2D eigenvalue weighted by Gasteiger charge is -2.32. The first-order valence-electron chi connectivity index (χ1n) is 6.69. The summed E-state index contributed by atoms with van der Waals surface area (Å²) < 4.78 is 0. The number of nitrogens with zero attached hydrogens (tertiary/aromatic N) is 3. The van der Waals surface area contributed by atoms with Gasteiger partial charge in [0.1, 0.15) is 0 Å². The van der Waals surface area contributed by atoms with E-state index in [4.69, 9.17) is 0 Å². The second kappa shape index (κ2) is 6.61. The van der Waals surface area contributed by atoms with Gasteiger partial charge >= 0.3 is 0 Å². The average molecular weight is 268 g/mol. The quantitative estimate of drug-likeness (QED) is 0.862. The van der Waals surface area contributed by atoms with Crippen LogP contribution in [0.5, 0.6) is 0 Å². The molecule has 5 heteroatoms. The molecular formula is C13H24N4S. The summed E-state index contributed by atoms with van der Waals surface area (Å²) in [6, 6.07) is 0.